The van der Waals surface area contributed by atoms with Crippen molar-refractivity contribution in [3.05, 3.63) is 29.6 Å². The molecule has 1 aliphatic rings. The fraction of sp³-hybridized carbons (Fsp3) is 0.562. The maximum atomic E-state index is 13.7. The number of hydrogen-bond donors (Lipinski definition) is 2. The molecule has 26 heavy (non-hydrogen) atoms. The molecule has 0 spiro atoms. The molecule has 0 aliphatic carbocycles. The van der Waals surface area contributed by atoms with E-state index in [1.54, 1.807) is 13.1 Å². The van der Waals surface area contributed by atoms with Gasteiger partial charge in [0, 0.05) is 32.7 Å². The van der Waals surface area contributed by atoms with E-state index in [0.29, 0.717) is 37.6 Å². The Bertz CT molecular complexity index is 612. The molecule has 2 rings (SSSR count). The first kappa shape index (κ1) is 22.7. The first-order chi connectivity index (χ1) is 11.8. The molecule has 10 heteroatoms. The van der Waals surface area contributed by atoms with Crippen LogP contribution in [0.25, 0.3) is 0 Å². The molecule has 1 atom stereocenters. The Morgan fingerprint density at radius 3 is 2.69 bits per heavy atom. The number of aliphatic imine (C=N–C) groups is 1. The van der Waals surface area contributed by atoms with Crippen LogP contribution < -0.4 is 15.4 Å². The summed E-state index contributed by atoms with van der Waals surface area (Å²) in [6, 6.07) is 4.51. The molecule has 1 heterocycles. The lowest BCUT2D eigenvalue weighted by Gasteiger charge is -2.20. The van der Waals surface area contributed by atoms with Gasteiger partial charge in [0.2, 0.25) is 0 Å². The topological polar surface area (TPSA) is 48.9 Å². The van der Waals surface area contributed by atoms with Gasteiger partial charge in [-0.25, -0.2) is 4.39 Å². The zero-order valence-electron chi connectivity index (χ0n) is 14.6. The van der Waals surface area contributed by atoms with Gasteiger partial charge in [0.05, 0.1) is 13.7 Å². The summed E-state index contributed by atoms with van der Waals surface area (Å²) < 4.78 is 55.8. The second-order valence-electron chi connectivity index (χ2n) is 5.87. The third kappa shape index (κ3) is 7.14. The maximum absolute atomic E-state index is 13.7. The van der Waals surface area contributed by atoms with Crippen molar-refractivity contribution in [2.45, 2.75) is 25.2 Å². The van der Waals surface area contributed by atoms with E-state index in [2.05, 4.69) is 15.6 Å². The Kier molecular flexibility index (Phi) is 8.87. The minimum absolute atomic E-state index is 0. The molecule has 1 saturated heterocycles. The van der Waals surface area contributed by atoms with Crippen LogP contribution in [0.4, 0.5) is 17.6 Å². The van der Waals surface area contributed by atoms with Crippen LogP contribution in [0, 0.1) is 5.82 Å². The largest absolute Gasteiger partial charge is 0.494 e. The van der Waals surface area contributed by atoms with Crippen LogP contribution in [0.1, 0.15) is 12.0 Å². The predicted octanol–water partition coefficient (Wildman–Crippen LogP) is 2.75. The van der Waals surface area contributed by atoms with E-state index < -0.39 is 18.5 Å². The van der Waals surface area contributed by atoms with Gasteiger partial charge in [0.1, 0.15) is 0 Å². The number of ether oxygens (including phenoxy) is 1. The smallest absolute Gasteiger partial charge is 0.401 e. The summed E-state index contributed by atoms with van der Waals surface area (Å²) in [5.74, 6) is 0.181. The minimum Gasteiger partial charge on any atom is -0.494 e. The Morgan fingerprint density at radius 2 is 2.12 bits per heavy atom. The zero-order valence-corrected chi connectivity index (χ0v) is 16.9. The molecule has 5 nitrogen and oxygen atoms in total. The molecule has 148 valence electrons. The Balaban J connectivity index is 0.00000338. The zero-order chi connectivity index (χ0) is 18.4. The molecular weight excluding hydrogens is 467 g/mol. The highest BCUT2D eigenvalue weighted by Gasteiger charge is 2.34. The van der Waals surface area contributed by atoms with Crippen LogP contribution in [0.3, 0.4) is 0 Å². The minimum atomic E-state index is -4.19. The Morgan fingerprint density at radius 1 is 1.38 bits per heavy atom. The molecule has 0 radical (unpaired) electrons. The lowest BCUT2D eigenvalue weighted by atomic mass is 10.2. The van der Waals surface area contributed by atoms with E-state index in [4.69, 9.17) is 4.74 Å². The van der Waals surface area contributed by atoms with E-state index in [-0.39, 0.29) is 35.8 Å². The van der Waals surface area contributed by atoms with Crippen LogP contribution in [0.5, 0.6) is 5.75 Å². The summed E-state index contributed by atoms with van der Waals surface area (Å²) in [4.78, 5) is 5.42. The highest BCUT2D eigenvalue weighted by atomic mass is 127. The van der Waals surface area contributed by atoms with E-state index >= 15 is 0 Å². The van der Waals surface area contributed by atoms with Crippen molar-refractivity contribution in [3.63, 3.8) is 0 Å². The van der Waals surface area contributed by atoms with E-state index in [0.717, 1.165) is 0 Å². The van der Waals surface area contributed by atoms with Crippen LogP contribution in [-0.2, 0) is 6.54 Å². The molecule has 0 saturated carbocycles. The van der Waals surface area contributed by atoms with Gasteiger partial charge in [-0.15, -0.1) is 24.0 Å². The summed E-state index contributed by atoms with van der Waals surface area (Å²) in [7, 11) is 2.97. The number of nitrogens with one attached hydrogen (secondary N) is 2. The number of halogens is 5. The van der Waals surface area contributed by atoms with Gasteiger partial charge in [-0.3, -0.25) is 9.89 Å². The number of methoxy groups -OCH3 is 1. The third-order valence-corrected chi connectivity index (χ3v) is 3.92. The van der Waals surface area contributed by atoms with Gasteiger partial charge < -0.3 is 15.4 Å². The molecule has 1 aromatic carbocycles. The van der Waals surface area contributed by atoms with Gasteiger partial charge in [-0.05, 0) is 24.1 Å². The number of hydrogen-bond acceptors (Lipinski definition) is 3. The van der Waals surface area contributed by atoms with Crippen molar-refractivity contribution < 1.29 is 22.3 Å². The molecule has 1 unspecified atom stereocenters. The number of likely N-dealkylation sites (tertiary alicyclic amines) is 1. The highest BCUT2D eigenvalue weighted by molar-refractivity contribution is 14.0. The second kappa shape index (κ2) is 10.1. The summed E-state index contributed by atoms with van der Waals surface area (Å²) >= 11 is 0. The predicted molar refractivity (Wildman–Crippen MR) is 103 cm³/mol. The molecule has 1 fully saturated rings. The van der Waals surface area contributed by atoms with Crippen LogP contribution >= 0.6 is 24.0 Å². The van der Waals surface area contributed by atoms with Gasteiger partial charge in [0.25, 0.3) is 0 Å². The van der Waals surface area contributed by atoms with Crippen molar-refractivity contribution >= 4 is 29.9 Å². The molecule has 0 aromatic heterocycles. The standard InChI is InChI=1S/C16H22F4N4O.HI/c1-21-15(22-8-11-3-4-14(25-2)13(17)7-11)23-12-5-6-24(9-12)10-16(18,19)20;/h3-4,7,12H,5-6,8-10H2,1-2H3,(H2,21,22,23);1H. The number of alkyl halides is 3. The van der Waals surface area contributed by atoms with Gasteiger partial charge >= 0.3 is 6.18 Å². The summed E-state index contributed by atoms with van der Waals surface area (Å²) in [5.41, 5.74) is 0.700. The number of benzene rings is 1. The average Bonchev–Trinajstić information content (AvgIpc) is 2.96. The maximum Gasteiger partial charge on any atom is 0.401 e. The quantitative estimate of drug-likeness (QED) is 0.289. The number of nitrogens with zero attached hydrogens (tertiary/aromatic N) is 2. The van der Waals surface area contributed by atoms with E-state index in [9.17, 15) is 17.6 Å². The third-order valence-electron chi connectivity index (χ3n) is 3.92. The Hall–Kier alpha value is -1.30. The number of rotatable bonds is 5. The van der Waals surface area contributed by atoms with Gasteiger partial charge in [-0.2, -0.15) is 13.2 Å². The van der Waals surface area contributed by atoms with E-state index in [1.807, 2.05) is 0 Å². The summed E-state index contributed by atoms with van der Waals surface area (Å²) in [6.07, 6.45) is -3.58. The number of guanidine groups is 1. The monoisotopic (exact) mass is 490 g/mol. The summed E-state index contributed by atoms with van der Waals surface area (Å²) in [5, 5.41) is 6.13. The van der Waals surface area contributed by atoms with Crippen molar-refractivity contribution in [1.29, 1.82) is 0 Å². The first-order valence-electron chi connectivity index (χ1n) is 7.89. The first-order valence-corrected chi connectivity index (χ1v) is 7.89. The normalized spacial score (nSPS) is 18.4. The summed E-state index contributed by atoms with van der Waals surface area (Å²) in [6.45, 7) is 0.122. The molecule has 2 N–H and O–H groups in total. The average molecular weight is 490 g/mol. The lowest BCUT2D eigenvalue weighted by molar-refractivity contribution is -0.143. The molecule has 1 aromatic rings. The molecular formula is C16H23F4IN4O. The van der Waals surface area contributed by atoms with Gasteiger partial charge in [-0.1, -0.05) is 6.07 Å². The van der Waals surface area contributed by atoms with Crippen LogP contribution in [0.15, 0.2) is 23.2 Å². The highest BCUT2D eigenvalue weighted by Crippen LogP contribution is 2.20. The SMILES string of the molecule is CN=C(NCc1ccc(OC)c(F)c1)NC1CCN(CC(F)(F)F)C1.I. The van der Waals surface area contributed by atoms with Gasteiger partial charge in [0.15, 0.2) is 17.5 Å². The fourth-order valence-electron chi connectivity index (χ4n) is 2.74. The van der Waals surface area contributed by atoms with Crippen molar-refractivity contribution in [2.24, 2.45) is 4.99 Å². The Labute approximate surface area is 167 Å². The van der Waals surface area contributed by atoms with Crippen LogP contribution in [0.2, 0.25) is 0 Å². The van der Waals surface area contributed by atoms with Crippen molar-refractivity contribution in [2.75, 3.05) is 33.8 Å². The lowest BCUT2D eigenvalue weighted by Crippen LogP contribution is -2.44. The van der Waals surface area contributed by atoms with Crippen LogP contribution in [-0.4, -0.2) is 56.9 Å². The molecule has 0 amide bonds. The van der Waals surface area contributed by atoms with Crippen molar-refractivity contribution in [1.82, 2.24) is 15.5 Å². The van der Waals surface area contributed by atoms with Crippen molar-refractivity contribution in [3.8, 4) is 5.75 Å². The molecule has 1 aliphatic heterocycles. The fourth-order valence-corrected chi connectivity index (χ4v) is 2.74. The molecule has 0 bridgehead atoms. The van der Waals surface area contributed by atoms with E-state index in [1.165, 1.54) is 24.1 Å². The second-order valence-corrected chi connectivity index (χ2v) is 5.87.